The molecule has 8 nitrogen and oxygen atoms in total. The van der Waals surface area contributed by atoms with Gasteiger partial charge in [-0.2, -0.15) is 13.2 Å². The first kappa shape index (κ1) is 26.6. The third-order valence-corrected chi connectivity index (χ3v) is 6.12. The van der Waals surface area contributed by atoms with Crippen molar-refractivity contribution in [2.45, 2.75) is 31.0 Å². The molecule has 2 aromatic heterocycles. The molecule has 1 aliphatic heterocycles. The van der Waals surface area contributed by atoms with E-state index in [1.807, 2.05) is 0 Å². The Morgan fingerprint density at radius 2 is 1.81 bits per heavy atom. The summed E-state index contributed by atoms with van der Waals surface area (Å²) in [6.07, 6.45) is -3.52. The van der Waals surface area contributed by atoms with Crippen molar-refractivity contribution in [2.75, 3.05) is 38.1 Å². The number of carbonyl (C=O) groups is 1. The van der Waals surface area contributed by atoms with Crippen LogP contribution < -0.4 is 10.6 Å². The summed E-state index contributed by atoms with van der Waals surface area (Å²) in [5, 5.41) is 15.4. The topological polar surface area (TPSA) is 103 Å². The SMILES string of the molecule is O=C(NCC(c1cnc(C(F)(F)F)nc1)N1CCC(F)(F)CC1)c1cc(NCCO)nc2ccccc12. The average Bonchev–Trinajstić information content (AvgIpc) is 2.87. The molecule has 0 saturated carbocycles. The van der Waals surface area contributed by atoms with E-state index in [0.29, 0.717) is 22.3 Å². The van der Waals surface area contributed by atoms with Gasteiger partial charge >= 0.3 is 6.18 Å². The van der Waals surface area contributed by atoms with E-state index in [1.54, 1.807) is 29.2 Å². The van der Waals surface area contributed by atoms with Gasteiger partial charge in [0.15, 0.2) is 0 Å². The molecule has 0 aliphatic carbocycles. The standard InChI is InChI=1S/C24H25F5N6O2/c25-23(26)5-8-35(9-6-23)19(15-12-32-22(33-13-15)24(27,28)29)14-31-21(37)17-11-20(30-7-10-36)34-18-4-2-1-3-16(17)18/h1-4,11-13,19,36H,5-10,14H2,(H,30,34)(H,31,37). The predicted molar refractivity (Wildman–Crippen MR) is 125 cm³/mol. The summed E-state index contributed by atoms with van der Waals surface area (Å²) in [7, 11) is 0. The number of nitrogens with zero attached hydrogens (tertiary/aromatic N) is 4. The van der Waals surface area contributed by atoms with E-state index >= 15 is 0 Å². The molecule has 198 valence electrons. The lowest BCUT2D eigenvalue weighted by Gasteiger charge is -2.37. The van der Waals surface area contributed by atoms with Crippen LogP contribution >= 0.6 is 0 Å². The van der Waals surface area contributed by atoms with Crippen LogP contribution in [-0.4, -0.2) is 69.6 Å². The Kier molecular flexibility index (Phi) is 7.83. The number of nitrogens with one attached hydrogen (secondary N) is 2. The van der Waals surface area contributed by atoms with E-state index in [4.69, 9.17) is 5.11 Å². The van der Waals surface area contributed by atoms with Crippen LogP contribution in [0.2, 0.25) is 0 Å². The number of para-hydroxylation sites is 1. The molecule has 0 radical (unpaired) electrons. The number of fused-ring (bicyclic) bond motifs is 1. The van der Waals surface area contributed by atoms with Crippen LogP contribution in [-0.2, 0) is 6.18 Å². The largest absolute Gasteiger partial charge is 0.451 e. The van der Waals surface area contributed by atoms with Crippen LogP contribution in [0.5, 0.6) is 0 Å². The number of aromatic nitrogens is 3. The van der Waals surface area contributed by atoms with Crippen LogP contribution in [0.1, 0.15) is 40.6 Å². The molecular weight excluding hydrogens is 499 g/mol. The zero-order valence-electron chi connectivity index (χ0n) is 19.6. The molecule has 3 N–H and O–H groups in total. The number of pyridine rings is 1. The van der Waals surface area contributed by atoms with Gasteiger partial charge in [0, 0.05) is 62.4 Å². The quantitative estimate of drug-likeness (QED) is 0.387. The van der Waals surface area contributed by atoms with Gasteiger partial charge in [-0.1, -0.05) is 18.2 Å². The number of aliphatic hydroxyl groups excluding tert-OH is 1. The molecule has 1 aliphatic rings. The van der Waals surface area contributed by atoms with Gasteiger partial charge in [0.25, 0.3) is 11.8 Å². The van der Waals surface area contributed by atoms with Gasteiger partial charge in [0.05, 0.1) is 23.7 Å². The van der Waals surface area contributed by atoms with Crippen molar-refractivity contribution < 1.29 is 31.9 Å². The van der Waals surface area contributed by atoms with Crippen molar-refractivity contribution in [3.8, 4) is 0 Å². The van der Waals surface area contributed by atoms with Crippen LogP contribution in [0.15, 0.2) is 42.7 Å². The maximum absolute atomic E-state index is 13.8. The van der Waals surface area contributed by atoms with Gasteiger partial charge in [-0.05, 0) is 12.1 Å². The van der Waals surface area contributed by atoms with Gasteiger partial charge in [-0.25, -0.2) is 23.7 Å². The lowest BCUT2D eigenvalue weighted by atomic mass is 10.0. The minimum atomic E-state index is -4.72. The normalized spacial score (nSPS) is 16.9. The third kappa shape index (κ3) is 6.46. The molecule has 1 aromatic carbocycles. The Balaban J connectivity index is 1.59. The van der Waals surface area contributed by atoms with Gasteiger partial charge in [0.2, 0.25) is 5.82 Å². The Morgan fingerprint density at radius 3 is 2.46 bits per heavy atom. The molecular formula is C24H25F5N6O2. The van der Waals surface area contributed by atoms with Crippen molar-refractivity contribution in [1.29, 1.82) is 0 Å². The Bertz CT molecular complexity index is 1230. The van der Waals surface area contributed by atoms with Crippen LogP contribution in [0.25, 0.3) is 10.9 Å². The molecule has 4 rings (SSSR count). The smallest absolute Gasteiger partial charge is 0.395 e. The Labute approximate surface area is 208 Å². The summed E-state index contributed by atoms with van der Waals surface area (Å²) < 4.78 is 66.3. The second-order valence-corrected chi connectivity index (χ2v) is 8.68. The number of anilines is 1. The number of hydrogen-bond acceptors (Lipinski definition) is 7. The molecule has 1 amide bonds. The van der Waals surface area contributed by atoms with E-state index in [0.717, 1.165) is 12.4 Å². The number of alkyl halides is 5. The Hall–Kier alpha value is -3.45. The molecule has 0 spiro atoms. The molecule has 1 atom stereocenters. The van der Waals surface area contributed by atoms with Crippen molar-refractivity contribution in [1.82, 2.24) is 25.2 Å². The highest BCUT2D eigenvalue weighted by Crippen LogP contribution is 2.33. The van der Waals surface area contributed by atoms with E-state index < -0.39 is 42.7 Å². The second-order valence-electron chi connectivity index (χ2n) is 8.68. The summed E-state index contributed by atoms with van der Waals surface area (Å²) in [5.41, 5.74) is 1.10. The van der Waals surface area contributed by atoms with E-state index in [2.05, 4.69) is 25.6 Å². The van der Waals surface area contributed by atoms with Gasteiger partial charge < -0.3 is 15.7 Å². The molecule has 1 saturated heterocycles. The molecule has 0 bridgehead atoms. The molecule has 3 aromatic rings. The van der Waals surface area contributed by atoms with Gasteiger partial charge in [0.1, 0.15) is 5.82 Å². The summed E-state index contributed by atoms with van der Waals surface area (Å²) in [5.74, 6) is -4.24. The fourth-order valence-corrected chi connectivity index (χ4v) is 4.20. The number of aliphatic hydroxyl groups is 1. The zero-order valence-corrected chi connectivity index (χ0v) is 19.6. The van der Waals surface area contributed by atoms with E-state index in [1.165, 1.54) is 6.07 Å². The van der Waals surface area contributed by atoms with E-state index in [9.17, 15) is 26.7 Å². The lowest BCUT2D eigenvalue weighted by molar-refractivity contribution is -0.145. The van der Waals surface area contributed by atoms with E-state index in [-0.39, 0.29) is 38.3 Å². The van der Waals surface area contributed by atoms with Crippen LogP contribution in [0.3, 0.4) is 0 Å². The minimum absolute atomic E-state index is 0.0119. The van der Waals surface area contributed by atoms with Crippen molar-refractivity contribution >= 4 is 22.6 Å². The van der Waals surface area contributed by atoms with Crippen molar-refractivity contribution in [2.24, 2.45) is 0 Å². The first-order valence-electron chi connectivity index (χ1n) is 11.6. The lowest BCUT2D eigenvalue weighted by Crippen LogP contribution is -2.45. The van der Waals surface area contributed by atoms with Gasteiger partial charge in [-0.15, -0.1) is 0 Å². The van der Waals surface area contributed by atoms with Gasteiger partial charge in [-0.3, -0.25) is 9.69 Å². The molecule has 3 heterocycles. The highest BCUT2D eigenvalue weighted by Gasteiger charge is 2.38. The van der Waals surface area contributed by atoms with Crippen molar-refractivity contribution in [3.63, 3.8) is 0 Å². The molecule has 37 heavy (non-hydrogen) atoms. The fourth-order valence-electron chi connectivity index (χ4n) is 4.20. The fraction of sp³-hybridized carbons (Fsp3) is 0.417. The van der Waals surface area contributed by atoms with Crippen LogP contribution in [0.4, 0.5) is 27.8 Å². The Morgan fingerprint density at radius 1 is 1.14 bits per heavy atom. The first-order valence-corrected chi connectivity index (χ1v) is 11.6. The zero-order chi connectivity index (χ0) is 26.6. The maximum atomic E-state index is 13.8. The monoisotopic (exact) mass is 524 g/mol. The molecule has 1 unspecified atom stereocenters. The number of benzene rings is 1. The first-order chi connectivity index (χ1) is 17.6. The molecule has 13 heteroatoms. The summed E-state index contributed by atoms with van der Waals surface area (Å²) in [6, 6.07) is 7.78. The third-order valence-electron chi connectivity index (χ3n) is 6.12. The highest BCUT2D eigenvalue weighted by molar-refractivity contribution is 6.07. The highest BCUT2D eigenvalue weighted by atomic mass is 19.4. The number of halogens is 5. The number of piperidine rings is 1. The number of carbonyl (C=O) groups excluding carboxylic acids is 1. The maximum Gasteiger partial charge on any atom is 0.451 e. The summed E-state index contributed by atoms with van der Waals surface area (Å²) >= 11 is 0. The molecule has 1 fully saturated rings. The summed E-state index contributed by atoms with van der Waals surface area (Å²) in [6.45, 7) is -0.0110. The van der Waals surface area contributed by atoms with Crippen molar-refractivity contribution in [3.05, 3.63) is 59.7 Å². The summed E-state index contributed by atoms with van der Waals surface area (Å²) in [4.78, 5) is 26.2. The predicted octanol–water partition coefficient (Wildman–Crippen LogP) is 3.65. The minimum Gasteiger partial charge on any atom is -0.395 e. The number of rotatable bonds is 8. The number of amides is 1. The average molecular weight is 524 g/mol. The number of hydrogen-bond donors (Lipinski definition) is 3. The second kappa shape index (κ2) is 10.9. The van der Waals surface area contributed by atoms with Crippen LogP contribution in [0, 0.1) is 0 Å². The number of likely N-dealkylation sites (tertiary alicyclic amines) is 1.